The molecule has 0 bridgehead atoms. The van der Waals surface area contributed by atoms with Crippen LogP contribution >= 0.6 is 11.3 Å². The van der Waals surface area contributed by atoms with E-state index in [0.29, 0.717) is 18.2 Å². The van der Waals surface area contributed by atoms with Crippen molar-refractivity contribution >= 4 is 11.3 Å². The highest BCUT2D eigenvalue weighted by Gasteiger charge is 2.22. The van der Waals surface area contributed by atoms with E-state index in [1.807, 2.05) is 11.6 Å². The van der Waals surface area contributed by atoms with E-state index in [9.17, 15) is 9.50 Å². The second-order valence-electron chi connectivity index (χ2n) is 5.79. The Morgan fingerprint density at radius 2 is 2.14 bits per heavy atom. The summed E-state index contributed by atoms with van der Waals surface area (Å²) in [6, 6.07) is 2.89. The molecule has 0 aliphatic carbocycles. The third-order valence-corrected chi connectivity index (χ3v) is 4.98. The molecule has 6 heteroatoms. The Balaban J connectivity index is 1.46. The number of nitrogens with zero attached hydrogens (tertiary/aromatic N) is 3. The van der Waals surface area contributed by atoms with Gasteiger partial charge < -0.3 is 10.0 Å². The lowest BCUT2D eigenvalue weighted by Gasteiger charge is -2.32. The van der Waals surface area contributed by atoms with Crippen LogP contribution in [-0.4, -0.2) is 39.6 Å². The SMILES string of the molecule is OC(CN1CCC(Cc2nccs2)CC1)c1ccc(F)cn1. The van der Waals surface area contributed by atoms with Gasteiger partial charge >= 0.3 is 0 Å². The topological polar surface area (TPSA) is 49.2 Å². The molecule has 3 heterocycles. The second kappa shape index (κ2) is 7.26. The first-order valence-electron chi connectivity index (χ1n) is 7.61. The standard InChI is InChI=1S/C16H20FN3OS/c17-13-1-2-14(19-10-13)15(21)11-20-6-3-12(4-7-20)9-16-18-5-8-22-16/h1-2,5,8,10,12,15,21H,3-4,6-7,9,11H2. The molecule has 0 amide bonds. The normalized spacial score (nSPS) is 18.5. The summed E-state index contributed by atoms with van der Waals surface area (Å²) in [6.45, 7) is 2.52. The average molecular weight is 321 g/mol. The molecule has 4 nitrogen and oxygen atoms in total. The molecule has 1 atom stereocenters. The van der Waals surface area contributed by atoms with Crippen molar-refractivity contribution in [3.05, 3.63) is 46.4 Å². The van der Waals surface area contributed by atoms with Gasteiger partial charge in [0.1, 0.15) is 11.9 Å². The minimum absolute atomic E-state index is 0.376. The van der Waals surface area contributed by atoms with Crippen molar-refractivity contribution in [3.8, 4) is 0 Å². The van der Waals surface area contributed by atoms with Crippen LogP contribution in [0.5, 0.6) is 0 Å². The van der Waals surface area contributed by atoms with Crippen LogP contribution in [0.15, 0.2) is 29.9 Å². The summed E-state index contributed by atoms with van der Waals surface area (Å²) in [5, 5.41) is 13.4. The van der Waals surface area contributed by atoms with Crippen molar-refractivity contribution in [2.45, 2.75) is 25.4 Å². The van der Waals surface area contributed by atoms with E-state index in [1.54, 1.807) is 17.4 Å². The zero-order valence-corrected chi connectivity index (χ0v) is 13.2. The Kier molecular flexibility index (Phi) is 5.12. The summed E-state index contributed by atoms with van der Waals surface area (Å²) in [7, 11) is 0. The molecule has 0 aromatic carbocycles. The second-order valence-corrected chi connectivity index (χ2v) is 6.77. The molecule has 22 heavy (non-hydrogen) atoms. The van der Waals surface area contributed by atoms with E-state index in [-0.39, 0.29) is 5.82 Å². The number of aromatic nitrogens is 2. The van der Waals surface area contributed by atoms with Gasteiger partial charge in [-0.1, -0.05) is 0 Å². The predicted molar refractivity (Wildman–Crippen MR) is 84.1 cm³/mol. The van der Waals surface area contributed by atoms with Gasteiger partial charge in [-0.25, -0.2) is 9.37 Å². The van der Waals surface area contributed by atoms with Gasteiger partial charge in [-0.2, -0.15) is 0 Å². The third-order valence-electron chi connectivity index (χ3n) is 4.18. The Bertz CT molecular complexity index is 568. The minimum Gasteiger partial charge on any atom is -0.385 e. The van der Waals surface area contributed by atoms with Crippen molar-refractivity contribution in [2.75, 3.05) is 19.6 Å². The molecule has 1 saturated heterocycles. The first-order chi connectivity index (χ1) is 10.7. The number of aliphatic hydroxyl groups excluding tert-OH is 1. The number of pyridine rings is 1. The van der Waals surface area contributed by atoms with E-state index in [4.69, 9.17) is 0 Å². The average Bonchev–Trinajstić information content (AvgIpc) is 3.03. The van der Waals surface area contributed by atoms with Crippen molar-refractivity contribution < 1.29 is 9.50 Å². The molecule has 1 N–H and O–H groups in total. The molecule has 1 aliphatic heterocycles. The van der Waals surface area contributed by atoms with Gasteiger partial charge in [0.25, 0.3) is 0 Å². The lowest BCUT2D eigenvalue weighted by atomic mass is 9.93. The molecule has 0 saturated carbocycles. The van der Waals surface area contributed by atoms with Crippen molar-refractivity contribution in [1.29, 1.82) is 0 Å². The Hall–Kier alpha value is -1.37. The number of hydrogen-bond acceptors (Lipinski definition) is 5. The molecule has 1 unspecified atom stereocenters. The van der Waals surface area contributed by atoms with Gasteiger partial charge in [-0.15, -0.1) is 11.3 Å². The maximum absolute atomic E-state index is 12.8. The number of aliphatic hydroxyl groups is 1. The van der Waals surface area contributed by atoms with Crippen LogP contribution in [0.4, 0.5) is 4.39 Å². The molecular formula is C16H20FN3OS. The van der Waals surface area contributed by atoms with Crippen molar-refractivity contribution in [1.82, 2.24) is 14.9 Å². The number of likely N-dealkylation sites (tertiary alicyclic amines) is 1. The van der Waals surface area contributed by atoms with E-state index in [2.05, 4.69) is 14.9 Å². The zero-order valence-electron chi connectivity index (χ0n) is 12.4. The van der Waals surface area contributed by atoms with Gasteiger partial charge in [-0.3, -0.25) is 4.98 Å². The van der Waals surface area contributed by atoms with E-state index >= 15 is 0 Å². The molecule has 1 fully saturated rings. The summed E-state index contributed by atoms with van der Waals surface area (Å²) < 4.78 is 12.8. The third kappa shape index (κ3) is 4.09. The van der Waals surface area contributed by atoms with Gasteiger partial charge in [0.05, 0.1) is 16.9 Å². The summed E-state index contributed by atoms with van der Waals surface area (Å²) in [5.41, 5.74) is 0.534. The van der Waals surface area contributed by atoms with Crippen molar-refractivity contribution in [3.63, 3.8) is 0 Å². The highest BCUT2D eigenvalue weighted by atomic mass is 32.1. The van der Waals surface area contributed by atoms with Gasteiger partial charge in [0.15, 0.2) is 0 Å². The molecule has 0 spiro atoms. The fraction of sp³-hybridized carbons (Fsp3) is 0.500. The number of β-amino-alcohol motifs (C(OH)–C–C–N with tert-alkyl or cyclic N) is 1. The number of rotatable bonds is 5. The Labute approximate surface area is 133 Å². The van der Waals surface area contributed by atoms with E-state index in [1.165, 1.54) is 11.1 Å². The maximum Gasteiger partial charge on any atom is 0.141 e. The fourth-order valence-corrected chi connectivity index (χ4v) is 3.63. The van der Waals surface area contributed by atoms with Crippen LogP contribution in [0, 0.1) is 11.7 Å². The first-order valence-corrected chi connectivity index (χ1v) is 8.49. The minimum atomic E-state index is -0.656. The first kappa shape index (κ1) is 15.5. The van der Waals surface area contributed by atoms with E-state index in [0.717, 1.165) is 38.5 Å². The molecule has 1 aliphatic rings. The fourth-order valence-electron chi connectivity index (χ4n) is 2.90. The van der Waals surface area contributed by atoms with Gasteiger partial charge in [0.2, 0.25) is 0 Å². The predicted octanol–water partition coefficient (Wildman–Crippen LogP) is 2.67. The number of hydrogen-bond donors (Lipinski definition) is 1. The van der Waals surface area contributed by atoms with Gasteiger partial charge in [0, 0.05) is 24.5 Å². The lowest BCUT2D eigenvalue weighted by Crippen LogP contribution is -2.37. The van der Waals surface area contributed by atoms with Crippen LogP contribution in [0.3, 0.4) is 0 Å². The highest BCUT2D eigenvalue weighted by molar-refractivity contribution is 7.09. The smallest absolute Gasteiger partial charge is 0.141 e. The van der Waals surface area contributed by atoms with Crippen LogP contribution in [0.1, 0.15) is 29.6 Å². The summed E-state index contributed by atoms with van der Waals surface area (Å²) in [6.07, 6.45) is 5.68. The molecule has 2 aromatic rings. The quantitative estimate of drug-likeness (QED) is 0.920. The molecular weight excluding hydrogens is 301 g/mol. The number of thiazole rings is 1. The molecule has 0 radical (unpaired) electrons. The number of piperidine rings is 1. The lowest BCUT2D eigenvalue weighted by molar-refractivity contribution is 0.0866. The molecule has 2 aromatic heterocycles. The summed E-state index contributed by atoms with van der Waals surface area (Å²) >= 11 is 1.72. The van der Waals surface area contributed by atoms with Crippen LogP contribution in [-0.2, 0) is 6.42 Å². The Morgan fingerprint density at radius 3 is 2.77 bits per heavy atom. The summed E-state index contributed by atoms with van der Waals surface area (Å²) in [5.74, 6) is 0.308. The largest absolute Gasteiger partial charge is 0.385 e. The van der Waals surface area contributed by atoms with Crippen molar-refractivity contribution in [2.24, 2.45) is 5.92 Å². The van der Waals surface area contributed by atoms with E-state index < -0.39 is 6.10 Å². The maximum atomic E-state index is 12.8. The Morgan fingerprint density at radius 1 is 1.32 bits per heavy atom. The monoisotopic (exact) mass is 321 g/mol. The van der Waals surface area contributed by atoms with Gasteiger partial charge in [-0.05, 0) is 44.0 Å². The van der Waals surface area contributed by atoms with Crippen LogP contribution in [0.25, 0.3) is 0 Å². The molecule has 118 valence electrons. The van der Waals surface area contributed by atoms with Crippen LogP contribution < -0.4 is 0 Å². The highest BCUT2D eigenvalue weighted by Crippen LogP contribution is 2.24. The summed E-state index contributed by atoms with van der Waals surface area (Å²) in [4.78, 5) is 10.6. The van der Waals surface area contributed by atoms with Crippen LogP contribution in [0.2, 0.25) is 0 Å². The molecule has 3 rings (SSSR count). The zero-order chi connectivity index (χ0) is 15.4. The number of halogens is 1.